The fraction of sp³-hybridized carbons (Fsp3) is 0.714. The maximum absolute atomic E-state index is 12.3. The normalized spacial score (nSPS) is 12.8. The second kappa shape index (κ2) is 7.01. The van der Waals surface area contributed by atoms with E-state index in [1.165, 1.54) is 11.3 Å². The number of hydrogen-bond donors (Lipinski definition) is 1. The van der Waals surface area contributed by atoms with Crippen LogP contribution in [0.25, 0.3) is 0 Å². The van der Waals surface area contributed by atoms with Crippen molar-refractivity contribution < 1.29 is 9.90 Å². The van der Waals surface area contributed by atoms with Crippen LogP contribution in [0.2, 0.25) is 0 Å². The lowest BCUT2D eigenvalue weighted by molar-refractivity contribution is 0.0773. The molecule has 1 rings (SSSR count). The molecule has 0 bridgehead atoms. The number of nitrogens with zero attached hydrogens (tertiary/aromatic N) is 2. The Morgan fingerprint density at radius 2 is 2.05 bits per heavy atom. The maximum Gasteiger partial charge on any atom is 0.265 e. The Hall–Kier alpha value is -0.940. The number of aliphatic hydroxyl groups is 1. The summed E-state index contributed by atoms with van der Waals surface area (Å²) in [6.07, 6.45) is 1.13. The molecule has 0 aliphatic heterocycles. The van der Waals surface area contributed by atoms with Crippen LogP contribution in [0.15, 0.2) is 0 Å². The van der Waals surface area contributed by atoms with E-state index in [-0.39, 0.29) is 12.0 Å². The first kappa shape index (κ1) is 16.1. The number of aryl methyl sites for hydroxylation is 1. The Labute approximate surface area is 119 Å². The monoisotopic (exact) mass is 284 g/mol. The van der Waals surface area contributed by atoms with Gasteiger partial charge in [-0.05, 0) is 26.2 Å². The molecular formula is C14H24N2O2S. The Morgan fingerprint density at radius 3 is 2.58 bits per heavy atom. The molecule has 1 amide bonds. The van der Waals surface area contributed by atoms with E-state index in [1.54, 1.807) is 18.9 Å². The van der Waals surface area contributed by atoms with E-state index in [9.17, 15) is 9.90 Å². The Bertz CT molecular complexity index is 427. The van der Waals surface area contributed by atoms with Gasteiger partial charge in [0.05, 0.1) is 16.8 Å². The van der Waals surface area contributed by atoms with Gasteiger partial charge in [-0.3, -0.25) is 4.79 Å². The zero-order valence-electron chi connectivity index (χ0n) is 12.4. The van der Waals surface area contributed by atoms with Crippen LogP contribution in [0.5, 0.6) is 0 Å². The molecule has 1 aromatic heterocycles. The van der Waals surface area contributed by atoms with Gasteiger partial charge in [0, 0.05) is 20.0 Å². The highest BCUT2D eigenvalue weighted by molar-refractivity contribution is 7.13. The lowest BCUT2D eigenvalue weighted by Crippen LogP contribution is -2.29. The van der Waals surface area contributed by atoms with Crippen LogP contribution in [-0.4, -0.2) is 40.6 Å². The number of hydrogen-bond acceptors (Lipinski definition) is 4. The van der Waals surface area contributed by atoms with Crippen LogP contribution >= 0.6 is 11.3 Å². The number of thiazole rings is 1. The van der Waals surface area contributed by atoms with Gasteiger partial charge in [-0.25, -0.2) is 4.98 Å². The van der Waals surface area contributed by atoms with Crippen LogP contribution < -0.4 is 0 Å². The highest BCUT2D eigenvalue weighted by Gasteiger charge is 2.19. The molecule has 0 aromatic carbocycles. The highest BCUT2D eigenvalue weighted by Crippen LogP contribution is 2.22. The van der Waals surface area contributed by atoms with Crippen molar-refractivity contribution in [1.82, 2.24) is 9.88 Å². The molecule has 1 atom stereocenters. The van der Waals surface area contributed by atoms with Crippen molar-refractivity contribution in [3.8, 4) is 0 Å². The molecule has 0 spiro atoms. The van der Waals surface area contributed by atoms with Crippen LogP contribution in [0, 0.1) is 12.8 Å². The summed E-state index contributed by atoms with van der Waals surface area (Å²) in [6, 6.07) is 0. The Morgan fingerprint density at radius 1 is 1.42 bits per heavy atom. The highest BCUT2D eigenvalue weighted by atomic mass is 32.1. The molecule has 4 nitrogen and oxygen atoms in total. The van der Waals surface area contributed by atoms with Gasteiger partial charge < -0.3 is 10.0 Å². The van der Waals surface area contributed by atoms with Crippen molar-refractivity contribution >= 4 is 17.2 Å². The van der Waals surface area contributed by atoms with Gasteiger partial charge in [-0.15, -0.1) is 11.3 Å². The molecule has 0 aliphatic carbocycles. The fourth-order valence-corrected chi connectivity index (χ4v) is 3.01. The van der Waals surface area contributed by atoms with E-state index in [2.05, 4.69) is 18.8 Å². The van der Waals surface area contributed by atoms with Gasteiger partial charge >= 0.3 is 0 Å². The summed E-state index contributed by atoms with van der Waals surface area (Å²) in [6.45, 7) is 8.47. The molecule has 19 heavy (non-hydrogen) atoms. The average molecular weight is 284 g/mol. The lowest BCUT2D eigenvalue weighted by atomic mass is 10.1. The predicted octanol–water partition coefficient (Wildman–Crippen LogP) is 2.49. The zero-order valence-corrected chi connectivity index (χ0v) is 13.3. The lowest BCUT2D eigenvalue weighted by Gasteiger charge is -2.17. The molecule has 1 N–H and O–H groups in total. The number of rotatable bonds is 6. The number of aliphatic hydroxyl groups excluding tert-OH is 1. The minimum absolute atomic E-state index is 0.00524. The van der Waals surface area contributed by atoms with Crippen molar-refractivity contribution in [3.05, 3.63) is 15.6 Å². The molecule has 1 heterocycles. The van der Waals surface area contributed by atoms with Gasteiger partial charge in [0.25, 0.3) is 5.91 Å². The molecule has 108 valence electrons. The SMILES string of the molecule is Cc1nc(CC(C)C)sc1C(=O)N(C)CCC(C)O. The molecule has 1 unspecified atom stereocenters. The molecule has 0 saturated carbocycles. The average Bonchev–Trinajstić information content (AvgIpc) is 2.65. The summed E-state index contributed by atoms with van der Waals surface area (Å²) in [4.78, 5) is 19.1. The second-order valence-corrected chi connectivity index (χ2v) is 6.57. The predicted molar refractivity (Wildman–Crippen MR) is 78.7 cm³/mol. The molecule has 0 saturated heterocycles. The molecule has 1 aromatic rings. The summed E-state index contributed by atoms with van der Waals surface area (Å²) in [5.74, 6) is 0.548. The minimum atomic E-state index is -0.380. The summed E-state index contributed by atoms with van der Waals surface area (Å²) < 4.78 is 0. The van der Waals surface area contributed by atoms with Crippen molar-refractivity contribution in [2.75, 3.05) is 13.6 Å². The van der Waals surface area contributed by atoms with E-state index in [1.807, 2.05) is 6.92 Å². The summed E-state index contributed by atoms with van der Waals surface area (Å²) in [5.41, 5.74) is 0.814. The first-order chi connectivity index (χ1) is 8.81. The maximum atomic E-state index is 12.3. The van der Waals surface area contributed by atoms with E-state index < -0.39 is 0 Å². The van der Waals surface area contributed by atoms with Gasteiger partial charge in [-0.1, -0.05) is 13.8 Å². The first-order valence-electron chi connectivity index (χ1n) is 6.71. The number of carbonyl (C=O) groups is 1. The van der Waals surface area contributed by atoms with Crippen molar-refractivity contribution in [3.63, 3.8) is 0 Å². The van der Waals surface area contributed by atoms with Crippen LogP contribution in [-0.2, 0) is 6.42 Å². The topological polar surface area (TPSA) is 53.4 Å². The van der Waals surface area contributed by atoms with Crippen molar-refractivity contribution in [1.29, 1.82) is 0 Å². The van der Waals surface area contributed by atoms with Crippen molar-refractivity contribution in [2.45, 2.75) is 46.6 Å². The molecule has 0 fully saturated rings. The number of carbonyl (C=O) groups excluding carboxylic acids is 1. The Kier molecular flexibility index (Phi) is 5.94. The molecular weight excluding hydrogens is 260 g/mol. The Balaban J connectivity index is 2.73. The quantitative estimate of drug-likeness (QED) is 0.873. The summed E-state index contributed by atoms with van der Waals surface area (Å²) in [7, 11) is 1.77. The second-order valence-electron chi connectivity index (χ2n) is 5.48. The van der Waals surface area contributed by atoms with E-state index in [0.29, 0.717) is 18.9 Å². The standard InChI is InChI=1S/C14H24N2O2S/c1-9(2)8-12-15-11(4)13(19-12)14(18)16(5)7-6-10(3)17/h9-10,17H,6-8H2,1-5H3. The van der Waals surface area contributed by atoms with Gasteiger partial charge in [0.2, 0.25) is 0 Å². The minimum Gasteiger partial charge on any atom is -0.393 e. The van der Waals surface area contributed by atoms with E-state index in [4.69, 9.17) is 0 Å². The fourth-order valence-electron chi connectivity index (χ4n) is 1.74. The number of amides is 1. The first-order valence-corrected chi connectivity index (χ1v) is 7.52. The van der Waals surface area contributed by atoms with Crippen molar-refractivity contribution in [2.24, 2.45) is 5.92 Å². The molecule has 0 aliphatic rings. The molecule has 0 radical (unpaired) electrons. The third-order valence-corrected chi connectivity index (χ3v) is 4.01. The zero-order chi connectivity index (χ0) is 14.6. The van der Waals surface area contributed by atoms with Gasteiger partial charge in [0.1, 0.15) is 4.88 Å². The number of aromatic nitrogens is 1. The van der Waals surface area contributed by atoms with Gasteiger partial charge in [-0.2, -0.15) is 0 Å². The van der Waals surface area contributed by atoms with Crippen LogP contribution in [0.4, 0.5) is 0 Å². The van der Waals surface area contributed by atoms with E-state index in [0.717, 1.165) is 22.0 Å². The largest absolute Gasteiger partial charge is 0.393 e. The van der Waals surface area contributed by atoms with Gasteiger partial charge in [0.15, 0.2) is 0 Å². The molecule has 5 heteroatoms. The van der Waals surface area contributed by atoms with Crippen LogP contribution in [0.3, 0.4) is 0 Å². The smallest absolute Gasteiger partial charge is 0.265 e. The van der Waals surface area contributed by atoms with E-state index >= 15 is 0 Å². The van der Waals surface area contributed by atoms with Crippen LogP contribution in [0.1, 0.15) is 47.6 Å². The summed E-state index contributed by atoms with van der Waals surface area (Å²) in [5, 5.41) is 10.3. The summed E-state index contributed by atoms with van der Waals surface area (Å²) >= 11 is 1.49. The third-order valence-electron chi connectivity index (χ3n) is 2.85. The third kappa shape index (κ3) is 4.91.